The largest absolute Gasteiger partial charge is 0.493 e. The molecule has 0 aromatic heterocycles. The summed E-state index contributed by atoms with van der Waals surface area (Å²) in [5.41, 5.74) is 6.78. The van der Waals surface area contributed by atoms with Crippen LogP contribution in [-0.2, 0) is 5.41 Å². The first-order valence-corrected chi connectivity index (χ1v) is 6.02. The van der Waals surface area contributed by atoms with Gasteiger partial charge in [0.05, 0.1) is 12.4 Å². The van der Waals surface area contributed by atoms with Gasteiger partial charge >= 0.3 is 0 Å². The molecule has 0 saturated carbocycles. The van der Waals surface area contributed by atoms with Crippen LogP contribution < -0.4 is 10.5 Å². The van der Waals surface area contributed by atoms with Crippen LogP contribution in [-0.4, -0.2) is 12.4 Å². The van der Waals surface area contributed by atoms with Crippen molar-refractivity contribution in [1.82, 2.24) is 0 Å². The summed E-state index contributed by atoms with van der Waals surface area (Å²) in [5, 5.41) is 7.10. The number of ether oxygens (including phenoxy) is 1. The molecular formula is C14H22N2O. The third-order valence-electron chi connectivity index (χ3n) is 3.16. The van der Waals surface area contributed by atoms with Crippen LogP contribution in [0.3, 0.4) is 0 Å². The molecular weight excluding hydrogens is 212 g/mol. The molecule has 0 bridgehead atoms. The minimum Gasteiger partial charge on any atom is -0.493 e. The Morgan fingerprint density at radius 3 is 2.35 bits per heavy atom. The fourth-order valence-corrected chi connectivity index (χ4v) is 1.49. The average molecular weight is 234 g/mol. The molecule has 0 spiro atoms. The van der Waals surface area contributed by atoms with Crippen molar-refractivity contribution < 1.29 is 4.74 Å². The zero-order valence-corrected chi connectivity index (χ0v) is 10.9. The van der Waals surface area contributed by atoms with Crippen LogP contribution in [0.2, 0.25) is 0 Å². The monoisotopic (exact) mass is 234 g/mol. The van der Waals surface area contributed by atoms with Crippen LogP contribution in [0, 0.1) is 5.41 Å². The van der Waals surface area contributed by atoms with Crippen molar-refractivity contribution in [1.29, 1.82) is 5.41 Å². The van der Waals surface area contributed by atoms with Crippen LogP contribution in [0.1, 0.15) is 39.2 Å². The summed E-state index contributed by atoms with van der Waals surface area (Å²) < 4.78 is 5.50. The lowest BCUT2D eigenvalue weighted by molar-refractivity contribution is 0.328. The Kier molecular flexibility index (Phi) is 4.55. The van der Waals surface area contributed by atoms with E-state index in [1.807, 2.05) is 12.1 Å². The molecule has 94 valence electrons. The Morgan fingerprint density at radius 2 is 1.88 bits per heavy atom. The maximum Gasteiger partial charge on any atom is 0.119 e. The van der Waals surface area contributed by atoms with Gasteiger partial charge in [-0.25, -0.2) is 0 Å². The molecule has 0 aliphatic heterocycles. The molecule has 0 fully saturated rings. The van der Waals surface area contributed by atoms with Crippen molar-refractivity contribution in [2.45, 2.75) is 39.0 Å². The predicted molar refractivity (Wildman–Crippen MR) is 71.8 cm³/mol. The van der Waals surface area contributed by atoms with Crippen molar-refractivity contribution in [3.8, 4) is 5.75 Å². The second-order valence-electron chi connectivity index (χ2n) is 4.89. The third-order valence-corrected chi connectivity index (χ3v) is 3.16. The first-order chi connectivity index (χ1) is 7.95. The molecule has 1 aromatic rings. The van der Waals surface area contributed by atoms with Gasteiger partial charge in [0.1, 0.15) is 5.75 Å². The number of hydrogen-bond acceptors (Lipinski definition) is 2. The fraction of sp³-hybridized carbons (Fsp3) is 0.500. The van der Waals surface area contributed by atoms with Gasteiger partial charge in [0.15, 0.2) is 0 Å². The van der Waals surface area contributed by atoms with Gasteiger partial charge in [0.25, 0.3) is 0 Å². The summed E-state index contributed by atoms with van der Waals surface area (Å²) >= 11 is 0. The summed E-state index contributed by atoms with van der Waals surface area (Å²) in [6, 6.07) is 8.17. The van der Waals surface area contributed by atoms with E-state index in [-0.39, 0.29) is 11.3 Å². The van der Waals surface area contributed by atoms with E-state index in [4.69, 9.17) is 15.9 Å². The summed E-state index contributed by atoms with van der Waals surface area (Å²) in [5.74, 6) is 0.996. The van der Waals surface area contributed by atoms with Crippen molar-refractivity contribution in [2.24, 2.45) is 5.73 Å². The lowest BCUT2D eigenvalue weighted by Crippen LogP contribution is -2.15. The molecule has 0 unspecified atom stereocenters. The van der Waals surface area contributed by atoms with Gasteiger partial charge in [-0.1, -0.05) is 32.9 Å². The first kappa shape index (κ1) is 13.6. The lowest BCUT2D eigenvalue weighted by atomic mass is 9.82. The third kappa shape index (κ3) is 4.10. The molecule has 0 saturated heterocycles. The zero-order valence-electron chi connectivity index (χ0n) is 10.9. The first-order valence-electron chi connectivity index (χ1n) is 6.02. The van der Waals surface area contributed by atoms with Gasteiger partial charge in [-0.15, -0.1) is 0 Å². The Hall–Kier alpha value is -1.51. The number of rotatable bonds is 6. The zero-order chi connectivity index (χ0) is 12.9. The predicted octanol–water partition coefficient (Wildman–Crippen LogP) is 3.08. The van der Waals surface area contributed by atoms with Crippen LogP contribution in [0.4, 0.5) is 0 Å². The van der Waals surface area contributed by atoms with Crippen LogP contribution >= 0.6 is 0 Å². The van der Waals surface area contributed by atoms with Crippen molar-refractivity contribution in [2.75, 3.05) is 6.61 Å². The molecule has 3 nitrogen and oxygen atoms in total. The highest BCUT2D eigenvalue weighted by Gasteiger charge is 2.17. The molecule has 0 atom stereocenters. The minimum absolute atomic E-state index is 0.161. The maximum atomic E-state index is 7.10. The Balaban J connectivity index is 2.59. The molecule has 0 heterocycles. The van der Waals surface area contributed by atoms with Crippen LogP contribution in [0.5, 0.6) is 5.75 Å². The molecule has 0 aliphatic carbocycles. The van der Waals surface area contributed by atoms with Crippen molar-refractivity contribution >= 4 is 5.84 Å². The van der Waals surface area contributed by atoms with Crippen LogP contribution in [0.25, 0.3) is 0 Å². The van der Waals surface area contributed by atoms with Gasteiger partial charge in [-0.3, -0.25) is 5.41 Å². The number of hydrogen-bond donors (Lipinski definition) is 2. The Labute approximate surface area is 103 Å². The number of nitrogens with one attached hydrogen (secondary N) is 1. The van der Waals surface area contributed by atoms with Gasteiger partial charge in [0, 0.05) is 6.42 Å². The molecule has 0 radical (unpaired) electrons. The molecule has 1 rings (SSSR count). The minimum atomic E-state index is 0.161. The van der Waals surface area contributed by atoms with Gasteiger partial charge in [-0.05, 0) is 29.5 Å². The molecule has 0 amide bonds. The van der Waals surface area contributed by atoms with E-state index in [1.165, 1.54) is 5.56 Å². The highest BCUT2D eigenvalue weighted by Crippen LogP contribution is 2.27. The standard InChI is InChI=1S/C14H22N2O/c1-4-14(2,3)11-5-7-12(8-6-11)17-10-9-13(15)16/h5-8H,4,9-10H2,1-3H3,(H3,15,16). The number of nitrogens with two attached hydrogens (primary N) is 1. The second-order valence-corrected chi connectivity index (χ2v) is 4.89. The summed E-state index contributed by atoms with van der Waals surface area (Å²) in [7, 11) is 0. The second kappa shape index (κ2) is 5.71. The van der Waals surface area contributed by atoms with Gasteiger partial charge in [-0.2, -0.15) is 0 Å². The number of amidine groups is 1. The summed E-state index contributed by atoms with van der Waals surface area (Å²) in [4.78, 5) is 0. The van der Waals surface area contributed by atoms with E-state index in [0.717, 1.165) is 12.2 Å². The topological polar surface area (TPSA) is 59.1 Å². The highest BCUT2D eigenvalue weighted by atomic mass is 16.5. The number of benzene rings is 1. The van der Waals surface area contributed by atoms with Gasteiger partial charge in [0.2, 0.25) is 0 Å². The van der Waals surface area contributed by atoms with E-state index < -0.39 is 0 Å². The van der Waals surface area contributed by atoms with E-state index in [2.05, 4.69) is 32.9 Å². The highest BCUT2D eigenvalue weighted by molar-refractivity contribution is 5.76. The van der Waals surface area contributed by atoms with Crippen LogP contribution in [0.15, 0.2) is 24.3 Å². The lowest BCUT2D eigenvalue weighted by Gasteiger charge is -2.23. The van der Waals surface area contributed by atoms with Gasteiger partial charge < -0.3 is 10.5 Å². The molecule has 0 aliphatic rings. The summed E-state index contributed by atoms with van der Waals surface area (Å²) in [6.07, 6.45) is 1.58. The Bertz CT molecular complexity index is 368. The van der Waals surface area contributed by atoms with Crippen molar-refractivity contribution in [3.63, 3.8) is 0 Å². The fourth-order valence-electron chi connectivity index (χ4n) is 1.49. The van der Waals surface area contributed by atoms with E-state index in [0.29, 0.717) is 13.0 Å². The Morgan fingerprint density at radius 1 is 1.29 bits per heavy atom. The maximum absolute atomic E-state index is 7.10. The molecule has 1 aromatic carbocycles. The smallest absolute Gasteiger partial charge is 0.119 e. The normalized spacial score (nSPS) is 11.2. The average Bonchev–Trinajstić information content (AvgIpc) is 2.29. The van der Waals surface area contributed by atoms with Crippen molar-refractivity contribution in [3.05, 3.63) is 29.8 Å². The molecule has 17 heavy (non-hydrogen) atoms. The SMILES string of the molecule is CCC(C)(C)c1ccc(OCCC(=N)N)cc1. The summed E-state index contributed by atoms with van der Waals surface area (Å²) in [6.45, 7) is 7.13. The quantitative estimate of drug-likeness (QED) is 0.587. The van der Waals surface area contributed by atoms with E-state index >= 15 is 0 Å². The molecule has 3 heteroatoms. The van der Waals surface area contributed by atoms with E-state index in [9.17, 15) is 0 Å². The molecule has 3 N–H and O–H groups in total. The van der Waals surface area contributed by atoms with E-state index in [1.54, 1.807) is 0 Å².